The molecule has 1 heterocycles. The first kappa shape index (κ1) is 24.7. The molecule has 186 valence electrons. The van der Waals surface area contributed by atoms with Gasteiger partial charge >= 0.3 is 12.1 Å². The van der Waals surface area contributed by atoms with Crippen LogP contribution >= 0.6 is 0 Å². The Kier molecular flexibility index (Phi) is 7.12. The third-order valence-corrected chi connectivity index (χ3v) is 6.98. The maximum Gasteiger partial charge on any atom is 0.407 e. The van der Waals surface area contributed by atoms with Crippen LogP contribution in [0, 0.1) is 0 Å². The average Bonchev–Trinajstić information content (AvgIpc) is 3.44. The summed E-state index contributed by atoms with van der Waals surface area (Å²) < 4.78 is 11.4. The highest BCUT2D eigenvalue weighted by atomic mass is 16.6. The van der Waals surface area contributed by atoms with Crippen molar-refractivity contribution in [3.05, 3.63) is 59.7 Å². The van der Waals surface area contributed by atoms with Gasteiger partial charge in [0.2, 0.25) is 0 Å². The van der Waals surface area contributed by atoms with Crippen molar-refractivity contribution in [1.29, 1.82) is 0 Å². The van der Waals surface area contributed by atoms with Crippen molar-refractivity contribution >= 4 is 18.0 Å². The predicted molar refractivity (Wildman–Crippen MR) is 130 cm³/mol. The van der Waals surface area contributed by atoms with Crippen molar-refractivity contribution in [1.82, 2.24) is 10.2 Å². The number of likely N-dealkylation sites (N-methyl/N-ethyl adjacent to an activating group) is 1. The van der Waals surface area contributed by atoms with Gasteiger partial charge in [-0.05, 0) is 55.9 Å². The van der Waals surface area contributed by atoms with Crippen LogP contribution in [0.5, 0.6) is 0 Å². The van der Waals surface area contributed by atoms with Gasteiger partial charge in [0.1, 0.15) is 18.2 Å². The summed E-state index contributed by atoms with van der Waals surface area (Å²) in [4.78, 5) is 38.2. The molecule has 0 aromatic heterocycles. The molecule has 1 fully saturated rings. The van der Waals surface area contributed by atoms with Gasteiger partial charge in [-0.3, -0.25) is 4.79 Å². The summed E-state index contributed by atoms with van der Waals surface area (Å²) in [5.41, 5.74) is 3.30. The molecule has 0 bridgehead atoms. The Hall–Kier alpha value is -3.39. The molecular weight excluding hydrogens is 448 g/mol. The van der Waals surface area contributed by atoms with Gasteiger partial charge in [-0.25, -0.2) is 9.59 Å². The lowest BCUT2D eigenvalue weighted by Crippen LogP contribution is -2.55. The Balaban J connectivity index is 1.28. The number of hydrogen-bond donors (Lipinski definition) is 2. The van der Waals surface area contributed by atoms with Gasteiger partial charge in [-0.2, -0.15) is 0 Å². The van der Waals surface area contributed by atoms with Crippen LogP contribution in [-0.2, 0) is 19.1 Å². The number of ether oxygens (including phenoxy) is 2. The maximum atomic E-state index is 12.9. The van der Waals surface area contributed by atoms with Gasteiger partial charge in [0.15, 0.2) is 0 Å². The topological polar surface area (TPSA) is 105 Å². The molecule has 0 radical (unpaired) electrons. The van der Waals surface area contributed by atoms with Crippen molar-refractivity contribution in [2.45, 2.75) is 57.3 Å². The van der Waals surface area contributed by atoms with E-state index in [1.54, 1.807) is 6.92 Å². The number of nitrogens with one attached hydrogen (secondary N) is 1. The van der Waals surface area contributed by atoms with E-state index >= 15 is 0 Å². The largest absolute Gasteiger partial charge is 0.480 e. The molecular formula is C27H32N2O6. The van der Waals surface area contributed by atoms with Crippen molar-refractivity contribution in [3.8, 4) is 11.1 Å². The molecule has 2 atom stereocenters. The second-order valence-electron chi connectivity index (χ2n) is 9.48. The summed E-state index contributed by atoms with van der Waals surface area (Å²) in [7, 11) is 0. The van der Waals surface area contributed by atoms with E-state index in [4.69, 9.17) is 9.47 Å². The molecule has 2 amide bonds. The Morgan fingerprint density at radius 2 is 1.66 bits per heavy atom. The zero-order chi connectivity index (χ0) is 25.2. The summed E-state index contributed by atoms with van der Waals surface area (Å²) in [6, 6.07) is 16.3. The minimum Gasteiger partial charge on any atom is -0.480 e. The highest BCUT2D eigenvalue weighted by molar-refractivity contribution is 5.88. The number of benzene rings is 2. The van der Waals surface area contributed by atoms with Gasteiger partial charge in [-0.1, -0.05) is 48.5 Å². The van der Waals surface area contributed by atoms with Gasteiger partial charge in [-0.15, -0.1) is 0 Å². The van der Waals surface area contributed by atoms with E-state index in [0.717, 1.165) is 11.1 Å². The quantitative estimate of drug-likeness (QED) is 0.596. The number of carbonyl (C=O) groups is 3. The molecule has 1 aliphatic heterocycles. The number of amides is 2. The van der Waals surface area contributed by atoms with Crippen LogP contribution in [0.3, 0.4) is 0 Å². The minimum absolute atomic E-state index is 0.0181. The van der Waals surface area contributed by atoms with Crippen LogP contribution in [0.4, 0.5) is 4.79 Å². The molecule has 35 heavy (non-hydrogen) atoms. The standard InChI is InChI=1S/C27H32N2O6/c1-4-29(27(2,3)25(31)32)24(30)23-14-13-17(35-23)15-28-26(33)34-16-22-20-11-7-5-9-18(20)19-10-6-8-12-21(19)22/h5-12,17,22-23H,4,13-16H2,1-3H3,(H,28,33)(H,31,32). The molecule has 2 unspecified atom stereocenters. The first-order valence-electron chi connectivity index (χ1n) is 12.0. The van der Waals surface area contributed by atoms with Gasteiger partial charge in [0.25, 0.3) is 5.91 Å². The third-order valence-electron chi connectivity index (χ3n) is 6.98. The average molecular weight is 481 g/mol. The maximum absolute atomic E-state index is 12.9. The van der Waals surface area contributed by atoms with Crippen molar-refractivity contribution in [3.63, 3.8) is 0 Å². The molecule has 8 heteroatoms. The SMILES string of the molecule is CCN(C(=O)C1CCC(CNC(=O)OCC2c3ccccc3-c3ccccc32)O1)C(C)(C)C(=O)O. The zero-order valence-corrected chi connectivity index (χ0v) is 20.3. The molecule has 0 saturated carbocycles. The summed E-state index contributed by atoms with van der Waals surface area (Å²) in [6.45, 7) is 5.45. The summed E-state index contributed by atoms with van der Waals surface area (Å²) in [6.07, 6.45) is -0.529. The molecule has 0 spiro atoms. The molecule has 8 nitrogen and oxygen atoms in total. The number of rotatable bonds is 8. The smallest absolute Gasteiger partial charge is 0.407 e. The Labute approximate surface area is 205 Å². The molecule has 2 aliphatic rings. The lowest BCUT2D eigenvalue weighted by atomic mass is 9.98. The summed E-state index contributed by atoms with van der Waals surface area (Å²) >= 11 is 0. The van der Waals surface area contributed by atoms with E-state index in [1.807, 2.05) is 24.3 Å². The van der Waals surface area contributed by atoms with Crippen LogP contribution in [0.2, 0.25) is 0 Å². The number of fused-ring (bicyclic) bond motifs is 3. The Morgan fingerprint density at radius 3 is 2.23 bits per heavy atom. The second-order valence-corrected chi connectivity index (χ2v) is 9.48. The lowest BCUT2D eigenvalue weighted by Gasteiger charge is -2.35. The third kappa shape index (κ3) is 4.89. The van der Waals surface area contributed by atoms with Crippen LogP contribution in [0.25, 0.3) is 11.1 Å². The second kappa shape index (κ2) is 10.1. The van der Waals surface area contributed by atoms with E-state index in [0.29, 0.717) is 12.8 Å². The fraction of sp³-hybridized carbons (Fsp3) is 0.444. The fourth-order valence-corrected chi connectivity index (χ4v) is 5.00. The van der Waals surface area contributed by atoms with E-state index in [1.165, 1.54) is 29.9 Å². The summed E-state index contributed by atoms with van der Waals surface area (Å²) in [5, 5.41) is 12.2. The van der Waals surface area contributed by atoms with E-state index < -0.39 is 23.7 Å². The highest BCUT2D eigenvalue weighted by Crippen LogP contribution is 2.44. The zero-order valence-electron chi connectivity index (χ0n) is 20.3. The molecule has 1 aliphatic carbocycles. The number of aliphatic carboxylic acids is 1. The highest BCUT2D eigenvalue weighted by Gasteiger charge is 2.42. The fourth-order valence-electron chi connectivity index (χ4n) is 5.00. The van der Waals surface area contributed by atoms with E-state index in [2.05, 4.69) is 29.6 Å². The van der Waals surface area contributed by atoms with E-state index in [-0.39, 0.29) is 37.6 Å². The molecule has 2 aromatic carbocycles. The van der Waals surface area contributed by atoms with E-state index in [9.17, 15) is 19.5 Å². The first-order valence-corrected chi connectivity index (χ1v) is 12.0. The monoisotopic (exact) mass is 480 g/mol. The van der Waals surface area contributed by atoms with Crippen molar-refractivity contribution in [2.24, 2.45) is 0 Å². The molecule has 1 saturated heterocycles. The van der Waals surface area contributed by atoms with Crippen molar-refractivity contribution in [2.75, 3.05) is 19.7 Å². The normalized spacial score (nSPS) is 19.1. The van der Waals surface area contributed by atoms with Crippen LogP contribution in [-0.4, -0.2) is 65.4 Å². The number of carboxylic acid groups (broad SMARTS) is 1. The van der Waals surface area contributed by atoms with Crippen LogP contribution in [0.1, 0.15) is 50.7 Å². The molecule has 2 aromatic rings. The number of alkyl carbamates (subject to hydrolysis) is 1. The number of carboxylic acids is 1. The van der Waals surface area contributed by atoms with Gasteiger partial charge in [0, 0.05) is 19.0 Å². The molecule has 4 rings (SSSR count). The first-order chi connectivity index (χ1) is 16.7. The van der Waals surface area contributed by atoms with Crippen LogP contribution in [0.15, 0.2) is 48.5 Å². The predicted octanol–water partition coefficient (Wildman–Crippen LogP) is 3.78. The van der Waals surface area contributed by atoms with Crippen LogP contribution < -0.4 is 5.32 Å². The Morgan fingerprint density at radius 1 is 1.06 bits per heavy atom. The minimum atomic E-state index is -1.33. The number of carbonyl (C=O) groups excluding carboxylic acids is 2. The lowest BCUT2D eigenvalue weighted by molar-refractivity contribution is -0.161. The molecule has 2 N–H and O–H groups in total. The van der Waals surface area contributed by atoms with Gasteiger partial charge < -0.3 is 24.8 Å². The summed E-state index contributed by atoms with van der Waals surface area (Å²) in [5.74, 6) is -1.43. The number of nitrogens with zero attached hydrogens (tertiary/aromatic N) is 1. The van der Waals surface area contributed by atoms with Crippen molar-refractivity contribution < 1.29 is 29.0 Å². The van der Waals surface area contributed by atoms with Gasteiger partial charge in [0.05, 0.1) is 6.10 Å². The number of hydrogen-bond acceptors (Lipinski definition) is 5. The Bertz CT molecular complexity index is 1070.